The minimum Gasteiger partial charge on any atom is -0.445 e. The highest BCUT2D eigenvalue weighted by atomic mass is 32.2. The van der Waals surface area contributed by atoms with Crippen molar-refractivity contribution >= 4 is 32.7 Å². The Balaban J connectivity index is 1.22. The van der Waals surface area contributed by atoms with Crippen LogP contribution in [0.2, 0.25) is 0 Å². The van der Waals surface area contributed by atoms with E-state index in [-0.39, 0.29) is 35.4 Å². The number of hydrogen-bond acceptors (Lipinski definition) is 9. The number of pyridine rings is 1. The third kappa shape index (κ3) is 9.23. The lowest BCUT2D eigenvalue weighted by Crippen LogP contribution is -2.48. The fraction of sp³-hybridized carbons (Fsp3) is 0.333. The molecule has 53 heavy (non-hydrogen) atoms. The number of rotatable bonds is 12. The van der Waals surface area contributed by atoms with Gasteiger partial charge in [0.1, 0.15) is 23.9 Å². The standard InChI is InChI=1S/C39H40F3N5O5S/c1-4-39(41,42)24-53(49,50)23-32-29-13-12-26(3)35(30(29)14-15-33(32)40)52-36-31(11-8-17-43-36)34-16-18-44-37(46-34)45-28-19-25(2)20-47(21-28)38(48)51-22-27-9-6-5-7-10-27/h5-18,25,28H,4,19-24H2,1-3H3,(H,44,45,46)/t25-,28+/m1/s1. The molecule has 0 aliphatic carbocycles. The number of hydrogen-bond donors (Lipinski definition) is 1. The van der Waals surface area contributed by atoms with Gasteiger partial charge in [-0.3, -0.25) is 0 Å². The van der Waals surface area contributed by atoms with Crippen LogP contribution in [0.15, 0.2) is 85.2 Å². The van der Waals surface area contributed by atoms with Crippen LogP contribution in [0.1, 0.15) is 43.4 Å². The van der Waals surface area contributed by atoms with Gasteiger partial charge in [-0.25, -0.2) is 41.3 Å². The minimum absolute atomic E-state index is 0.146. The highest BCUT2D eigenvalue weighted by Gasteiger charge is 2.34. The van der Waals surface area contributed by atoms with Crippen LogP contribution in [0.3, 0.4) is 0 Å². The fourth-order valence-electron chi connectivity index (χ4n) is 6.44. The number of halogens is 3. The minimum atomic E-state index is -4.37. The fourth-order valence-corrected chi connectivity index (χ4v) is 8.12. The number of aryl methyl sites for hydroxylation is 1. The number of sulfone groups is 1. The molecule has 3 aromatic carbocycles. The zero-order chi connectivity index (χ0) is 37.8. The Morgan fingerprint density at radius 1 is 0.981 bits per heavy atom. The van der Waals surface area contributed by atoms with Gasteiger partial charge in [0.25, 0.3) is 5.92 Å². The third-order valence-electron chi connectivity index (χ3n) is 9.07. The average Bonchev–Trinajstić information content (AvgIpc) is 3.13. The summed E-state index contributed by atoms with van der Waals surface area (Å²) in [4.78, 5) is 28.3. The summed E-state index contributed by atoms with van der Waals surface area (Å²) in [5.41, 5.74) is 2.34. The number of nitrogens with zero attached hydrogens (tertiary/aromatic N) is 4. The van der Waals surface area contributed by atoms with Gasteiger partial charge in [-0.15, -0.1) is 0 Å². The van der Waals surface area contributed by atoms with Gasteiger partial charge in [0.2, 0.25) is 11.8 Å². The van der Waals surface area contributed by atoms with Crippen LogP contribution in [0.25, 0.3) is 22.0 Å². The maximum atomic E-state index is 15.1. The molecule has 0 radical (unpaired) electrons. The quantitative estimate of drug-likeness (QED) is 0.134. The number of amides is 1. The van der Waals surface area contributed by atoms with E-state index in [1.54, 1.807) is 54.5 Å². The van der Waals surface area contributed by atoms with Crippen molar-refractivity contribution in [2.45, 2.75) is 57.9 Å². The molecule has 278 valence electrons. The molecule has 1 N–H and O–H groups in total. The molecule has 1 aliphatic rings. The van der Waals surface area contributed by atoms with Crippen molar-refractivity contribution in [2.75, 3.05) is 24.2 Å². The van der Waals surface area contributed by atoms with Gasteiger partial charge in [0.05, 0.1) is 17.0 Å². The summed E-state index contributed by atoms with van der Waals surface area (Å²) < 4.78 is 80.8. The van der Waals surface area contributed by atoms with E-state index >= 15 is 4.39 Å². The Morgan fingerprint density at radius 3 is 2.53 bits per heavy atom. The van der Waals surface area contributed by atoms with Gasteiger partial charge in [0, 0.05) is 48.9 Å². The van der Waals surface area contributed by atoms with Crippen molar-refractivity contribution in [3.05, 3.63) is 108 Å². The van der Waals surface area contributed by atoms with Gasteiger partial charge in [0.15, 0.2) is 9.84 Å². The lowest BCUT2D eigenvalue weighted by Gasteiger charge is -2.36. The van der Waals surface area contributed by atoms with Crippen molar-refractivity contribution in [3.63, 3.8) is 0 Å². The number of piperidine rings is 1. The largest absolute Gasteiger partial charge is 0.445 e. The smallest absolute Gasteiger partial charge is 0.410 e. The monoisotopic (exact) mass is 747 g/mol. The van der Waals surface area contributed by atoms with E-state index in [1.165, 1.54) is 13.0 Å². The number of likely N-dealkylation sites (tertiary alicyclic amines) is 1. The van der Waals surface area contributed by atoms with Crippen LogP contribution >= 0.6 is 0 Å². The van der Waals surface area contributed by atoms with Crippen LogP contribution in [-0.4, -0.2) is 65.2 Å². The van der Waals surface area contributed by atoms with Crippen molar-refractivity contribution in [1.82, 2.24) is 19.9 Å². The number of benzene rings is 3. The van der Waals surface area contributed by atoms with E-state index in [2.05, 4.69) is 22.2 Å². The molecule has 1 fully saturated rings. The molecule has 10 nitrogen and oxygen atoms in total. The zero-order valence-corrected chi connectivity index (χ0v) is 30.4. The number of carbonyl (C=O) groups is 1. The predicted octanol–water partition coefficient (Wildman–Crippen LogP) is 8.35. The van der Waals surface area contributed by atoms with Gasteiger partial charge in [-0.05, 0) is 66.1 Å². The van der Waals surface area contributed by atoms with Crippen molar-refractivity contribution < 1.29 is 35.9 Å². The number of aromatic nitrogens is 3. The first-order valence-corrected chi connectivity index (χ1v) is 19.1. The topological polar surface area (TPSA) is 124 Å². The number of nitrogens with one attached hydrogen (secondary N) is 1. The Morgan fingerprint density at radius 2 is 1.75 bits per heavy atom. The number of anilines is 1. The second-order valence-electron chi connectivity index (χ2n) is 13.4. The Hall–Kier alpha value is -5.24. The molecule has 0 unspecified atom stereocenters. The summed E-state index contributed by atoms with van der Waals surface area (Å²) in [6.45, 7) is 6.19. The van der Waals surface area contributed by atoms with Gasteiger partial charge in [-0.2, -0.15) is 0 Å². The molecular weight excluding hydrogens is 708 g/mol. The molecule has 5 aromatic rings. The first-order valence-electron chi connectivity index (χ1n) is 17.3. The highest BCUT2D eigenvalue weighted by molar-refractivity contribution is 7.90. The second-order valence-corrected chi connectivity index (χ2v) is 15.5. The van der Waals surface area contributed by atoms with Crippen molar-refractivity contribution in [2.24, 2.45) is 5.92 Å². The molecule has 14 heteroatoms. The van der Waals surface area contributed by atoms with Crippen LogP contribution in [-0.2, 0) is 26.9 Å². The van der Waals surface area contributed by atoms with E-state index in [0.717, 1.165) is 18.1 Å². The van der Waals surface area contributed by atoms with Crippen molar-refractivity contribution in [3.8, 4) is 22.9 Å². The molecule has 3 heterocycles. The number of ether oxygens (including phenoxy) is 2. The summed E-state index contributed by atoms with van der Waals surface area (Å²) in [7, 11) is -4.37. The molecule has 0 spiro atoms. The first kappa shape index (κ1) is 37.5. The predicted molar refractivity (Wildman–Crippen MR) is 196 cm³/mol. The van der Waals surface area contributed by atoms with E-state index in [1.807, 2.05) is 30.3 Å². The number of alkyl halides is 2. The van der Waals surface area contributed by atoms with E-state index < -0.39 is 45.6 Å². The summed E-state index contributed by atoms with van der Waals surface area (Å²) in [6, 6.07) is 20.3. The molecule has 1 aliphatic heterocycles. The average molecular weight is 748 g/mol. The SMILES string of the molecule is CCC(F)(F)CS(=O)(=O)Cc1c(F)ccc2c(Oc3ncccc3-c3ccnc(N[C@H]4C[C@@H](C)CN(C(=O)OCc5ccccc5)C4)n3)c(C)ccc12. The molecule has 0 saturated carbocycles. The lowest BCUT2D eigenvalue weighted by molar-refractivity contribution is 0.0217. The van der Waals surface area contributed by atoms with Crippen LogP contribution in [0.4, 0.5) is 23.9 Å². The third-order valence-corrected chi connectivity index (χ3v) is 10.7. The molecular formula is C39H40F3N5O5S. The van der Waals surface area contributed by atoms with E-state index in [4.69, 9.17) is 14.5 Å². The highest BCUT2D eigenvalue weighted by Crippen LogP contribution is 2.39. The lowest BCUT2D eigenvalue weighted by atomic mass is 9.96. The summed E-state index contributed by atoms with van der Waals surface area (Å²) in [5.74, 6) is -5.53. The Bertz CT molecular complexity index is 2210. The number of carbonyl (C=O) groups excluding carboxylic acids is 1. The summed E-state index contributed by atoms with van der Waals surface area (Å²) in [5, 5.41) is 3.98. The Labute approximate surface area is 306 Å². The van der Waals surface area contributed by atoms with Crippen LogP contribution in [0.5, 0.6) is 11.6 Å². The first-order chi connectivity index (χ1) is 25.3. The summed E-state index contributed by atoms with van der Waals surface area (Å²) >= 11 is 0. The summed E-state index contributed by atoms with van der Waals surface area (Å²) in [6.07, 6.45) is 2.88. The number of fused-ring (bicyclic) bond motifs is 1. The molecule has 6 rings (SSSR count). The van der Waals surface area contributed by atoms with Crippen LogP contribution < -0.4 is 10.1 Å². The van der Waals surface area contributed by atoms with E-state index in [9.17, 15) is 22.0 Å². The second kappa shape index (κ2) is 15.8. The Kier molecular flexibility index (Phi) is 11.2. The molecule has 2 aromatic heterocycles. The molecule has 2 atom stereocenters. The maximum absolute atomic E-state index is 15.1. The van der Waals surface area contributed by atoms with Gasteiger partial charge >= 0.3 is 6.09 Å². The normalized spacial score (nSPS) is 16.4. The maximum Gasteiger partial charge on any atom is 0.410 e. The van der Waals surface area contributed by atoms with Gasteiger partial charge < -0.3 is 19.7 Å². The van der Waals surface area contributed by atoms with Gasteiger partial charge in [-0.1, -0.05) is 56.3 Å². The van der Waals surface area contributed by atoms with Crippen molar-refractivity contribution in [1.29, 1.82) is 0 Å². The molecule has 1 amide bonds. The van der Waals surface area contributed by atoms with Crippen LogP contribution in [0, 0.1) is 18.7 Å². The molecule has 0 bridgehead atoms. The zero-order valence-electron chi connectivity index (χ0n) is 29.6. The molecule has 1 saturated heterocycles. The van der Waals surface area contributed by atoms with E-state index in [0.29, 0.717) is 47.0 Å².